The van der Waals surface area contributed by atoms with E-state index >= 15 is 0 Å². The molecule has 1 unspecified atom stereocenters. The minimum absolute atomic E-state index is 0.335. The third-order valence-electron chi connectivity index (χ3n) is 1.33. The molecule has 0 fully saturated rings. The SMILES string of the molecule is C=CCCC(C=C)[SiH](Cl)Cl. The Morgan fingerprint density at radius 1 is 1.40 bits per heavy atom. The van der Waals surface area contributed by atoms with Crippen LogP contribution in [0, 0.1) is 0 Å². The summed E-state index contributed by atoms with van der Waals surface area (Å²) in [5.74, 6) is 0. The lowest BCUT2D eigenvalue weighted by Crippen LogP contribution is -2.03. The highest BCUT2D eigenvalue weighted by Gasteiger charge is 2.13. The molecule has 0 aliphatic heterocycles. The van der Waals surface area contributed by atoms with E-state index in [0.29, 0.717) is 5.54 Å². The van der Waals surface area contributed by atoms with Crippen molar-refractivity contribution in [2.45, 2.75) is 18.4 Å². The van der Waals surface area contributed by atoms with Gasteiger partial charge >= 0.3 is 0 Å². The summed E-state index contributed by atoms with van der Waals surface area (Å²) in [7, 11) is -1.54. The highest BCUT2D eigenvalue weighted by atomic mass is 35.7. The van der Waals surface area contributed by atoms with Crippen molar-refractivity contribution >= 4 is 29.6 Å². The van der Waals surface area contributed by atoms with Gasteiger partial charge in [-0.2, -0.15) is 0 Å². The van der Waals surface area contributed by atoms with Gasteiger partial charge in [-0.25, -0.2) is 0 Å². The maximum absolute atomic E-state index is 5.78. The molecule has 3 heteroatoms. The molecule has 0 bridgehead atoms. The molecule has 0 aliphatic rings. The summed E-state index contributed by atoms with van der Waals surface area (Å²) in [5.41, 5.74) is 0.335. The molecule has 0 heterocycles. The van der Waals surface area contributed by atoms with Crippen LogP contribution < -0.4 is 0 Å². The number of halogens is 2. The van der Waals surface area contributed by atoms with Crippen molar-refractivity contribution < 1.29 is 0 Å². The molecule has 0 spiro atoms. The second kappa shape index (κ2) is 6.02. The first-order chi connectivity index (χ1) is 4.72. The van der Waals surface area contributed by atoms with E-state index in [4.69, 9.17) is 22.2 Å². The Morgan fingerprint density at radius 3 is 2.30 bits per heavy atom. The Hall–Kier alpha value is 0.277. The summed E-state index contributed by atoms with van der Waals surface area (Å²) in [5, 5.41) is 0. The van der Waals surface area contributed by atoms with Crippen molar-refractivity contribution in [3.63, 3.8) is 0 Å². The lowest BCUT2D eigenvalue weighted by atomic mass is 10.2. The Kier molecular flexibility index (Phi) is 6.18. The summed E-state index contributed by atoms with van der Waals surface area (Å²) in [6.07, 6.45) is 5.69. The predicted octanol–water partition coefficient (Wildman–Crippen LogP) is 3.21. The molecule has 1 atom stereocenters. The first-order valence-electron chi connectivity index (χ1n) is 3.24. The maximum Gasteiger partial charge on any atom is 0.243 e. The summed E-state index contributed by atoms with van der Waals surface area (Å²) in [6, 6.07) is 0. The lowest BCUT2D eigenvalue weighted by Gasteiger charge is -2.08. The van der Waals surface area contributed by atoms with Crippen molar-refractivity contribution in [1.82, 2.24) is 0 Å². The van der Waals surface area contributed by atoms with Gasteiger partial charge < -0.3 is 0 Å². The summed E-state index contributed by atoms with van der Waals surface area (Å²) in [4.78, 5) is 0. The minimum atomic E-state index is -1.54. The molecule has 0 aromatic rings. The van der Waals surface area contributed by atoms with Crippen molar-refractivity contribution in [1.29, 1.82) is 0 Å². The third kappa shape index (κ3) is 4.15. The van der Waals surface area contributed by atoms with Crippen LogP contribution in [0.1, 0.15) is 12.8 Å². The summed E-state index contributed by atoms with van der Waals surface area (Å²) >= 11 is 11.6. The number of hydrogen-bond acceptors (Lipinski definition) is 0. The Morgan fingerprint density at radius 2 is 2.00 bits per heavy atom. The fourth-order valence-electron chi connectivity index (χ4n) is 0.657. The molecule has 0 saturated carbocycles. The van der Waals surface area contributed by atoms with E-state index in [0.717, 1.165) is 12.8 Å². The molecule has 0 nitrogen and oxygen atoms in total. The molecule has 0 amide bonds. The second-order valence-electron chi connectivity index (χ2n) is 2.10. The molecule has 0 saturated heterocycles. The second-order valence-corrected chi connectivity index (χ2v) is 7.12. The van der Waals surface area contributed by atoms with Crippen LogP contribution in [0.3, 0.4) is 0 Å². The van der Waals surface area contributed by atoms with E-state index in [2.05, 4.69) is 13.2 Å². The number of hydrogen-bond donors (Lipinski definition) is 0. The van der Waals surface area contributed by atoms with E-state index in [1.54, 1.807) is 0 Å². The zero-order chi connectivity index (χ0) is 7.98. The van der Waals surface area contributed by atoms with Crippen LogP contribution in [0.25, 0.3) is 0 Å². The standard InChI is InChI=1S/C7H12Cl2Si/c1-3-5-6-7(4-2)10(8)9/h3-4,7,10H,1-2,5-6H2. The van der Waals surface area contributed by atoms with Crippen LogP contribution in [-0.4, -0.2) is 7.42 Å². The van der Waals surface area contributed by atoms with Crippen molar-refractivity contribution in [3.05, 3.63) is 25.3 Å². The molecular weight excluding hydrogens is 183 g/mol. The Balaban J connectivity index is 3.59. The van der Waals surface area contributed by atoms with Crippen LogP contribution in [0.5, 0.6) is 0 Å². The van der Waals surface area contributed by atoms with Gasteiger partial charge in [0.05, 0.1) is 0 Å². The summed E-state index contributed by atoms with van der Waals surface area (Å²) in [6.45, 7) is 7.29. The van der Waals surface area contributed by atoms with Gasteiger partial charge in [0.2, 0.25) is 7.42 Å². The first kappa shape index (κ1) is 10.3. The van der Waals surface area contributed by atoms with Gasteiger partial charge in [-0.3, -0.25) is 0 Å². The van der Waals surface area contributed by atoms with E-state index in [9.17, 15) is 0 Å². The fraction of sp³-hybridized carbons (Fsp3) is 0.429. The van der Waals surface area contributed by atoms with Crippen molar-refractivity contribution in [2.75, 3.05) is 0 Å². The highest BCUT2D eigenvalue weighted by Crippen LogP contribution is 2.23. The third-order valence-corrected chi connectivity index (χ3v) is 4.53. The maximum atomic E-state index is 5.78. The van der Waals surface area contributed by atoms with E-state index in [1.807, 2.05) is 12.2 Å². The van der Waals surface area contributed by atoms with Crippen LogP contribution in [-0.2, 0) is 0 Å². The van der Waals surface area contributed by atoms with Crippen LogP contribution in [0.4, 0.5) is 0 Å². The quantitative estimate of drug-likeness (QED) is 0.359. The predicted molar refractivity (Wildman–Crippen MR) is 52.2 cm³/mol. The molecule has 10 heavy (non-hydrogen) atoms. The van der Waals surface area contributed by atoms with Crippen LogP contribution in [0.2, 0.25) is 5.54 Å². The number of rotatable bonds is 5. The first-order valence-corrected chi connectivity index (χ1v) is 7.39. The topological polar surface area (TPSA) is 0 Å². The Bertz CT molecular complexity index is 112. The Labute approximate surface area is 73.5 Å². The van der Waals surface area contributed by atoms with E-state index in [-0.39, 0.29) is 0 Å². The molecular formula is C7H12Cl2Si. The van der Waals surface area contributed by atoms with Gasteiger partial charge in [0, 0.05) is 0 Å². The largest absolute Gasteiger partial charge is 0.243 e. The molecule has 0 aromatic heterocycles. The molecule has 0 aliphatic carbocycles. The minimum Gasteiger partial charge on any atom is -0.150 e. The monoisotopic (exact) mass is 194 g/mol. The average Bonchev–Trinajstić information content (AvgIpc) is 1.89. The van der Waals surface area contributed by atoms with Crippen LogP contribution in [0.15, 0.2) is 25.3 Å². The molecule has 58 valence electrons. The number of allylic oxidation sites excluding steroid dienone is 2. The van der Waals surface area contributed by atoms with Gasteiger partial charge in [0.15, 0.2) is 0 Å². The van der Waals surface area contributed by atoms with E-state index < -0.39 is 7.42 Å². The van der Waals surface area contributed by atoms with Gasteiger partial charge in [-0.1, -0.05) is 12.2 Å². The molecule has 0 aromatic carbocycles. The molecule has 0 N–H and O–H groups in total. The van der Waals surface area contributed by atoms with Crippen LogP contribution >= 0.6 is 22.2 Å². The molecule has 0 radical (unpaired) electrons. The van der Waals surface area contributed by atoms with Crippen molar-refractivity contribution in [2.24, 2.45) is 0 Å². The normalized spacial score (nSPS) is 13.1. The highest BCUT2D eigenvalue weighted by molar-refractivity contribution is 7.34. The molecule has 0 rings (SSSR count). The average molecular weight is 195 g/mol. The lowest BCUT2D eigenvalue weighted by molar-refractivity contribution is 0.863. The van der Waals surface area contributed by atoms with Gasteiger partial charge in [-0.15, -0.1) is 35.3 Å². The zero-order valence-electron chi connectivity index (χ0n) is 5.89. The summed E-state index contributed by atoms with van der Waals surface area (Å²) < 4.78 is 0. The fourth-order valence-corrected chi connectivity index (χ4v) is 2.68. The van der Waals surface area contributed by atoms with Gasteiger partial charge in [0.25, 0.3) is 0 Å². The van der Waals surface area contributed by atoms with E-state index in [1.165, 1.54) is 0 Å². The van der Waals surface area contributed by atoms with Gasteiger partial charge in [-0.05, 0) is 18.4 Å². The zero-order valence-corrected chi connectivity index (χ0v) is 8.56. The smallest absolute Gasteiger partial charge is 0.150 e. The van der Waals surface area contributed by atoms with Gasteiger partial charge in [0.1, 0.15) is 0 Å². The van der Waals surface area contributed by atoms with Crippen molar-refractivity contribution in [3.8, 4) is 0 Å².